The van der Waals surface area contributed by atoms with Crippen molar-refractivity contribution in [2.45, 2.75) is 18.9 Å². The van der Waals surface area contributed by atoms with Crippen molar-refractivity contribution in [2.75, 3.05) is 6.54 Å². The second kappa shape index (κ2) is 1.21. The minimum atomic E-state index is 0.549. The molecule has 2 fully saturated rings. The minimum absolute atomic E-state index is 0.549. The molecule has 0 aromatic heterocycles. The third-order valence-corrected chi connectivity index (χ3v) is 2.10. The fraction of sp³-hybridized carbons (Fsp3) is 1.00. The maximum atomic E-state index is 9.92. The second-order valence-electron chi connectivity index (χ2n) is 2.60. The molecule has 0 amide bonds. The van der Waals surface area contributed by atoms with Crippen molar-refractivity contribution in [2.24, 2.45) is 11.2 Å². The number of hydrogen-bond acceptors (Lipinski definition) is 2. The largest absolute Gasteiger partial charge is 0.258 e. The van der Waals surface area contributed by atoms with Crippen molar-refractivity contribution in [1.82, 2.24) is 5.01 Å². The molecule has 2 atom stereocenters. The van der Waals surface area contributed by atoms with E-state index in [-0.39, 0.29) is 0 Å². The highest BCUT2D eigenvalue weighted by atomic mass is 16.3. The van der Waals surface area contributed by atoms with Crippen molar-refractivity contribution >= 4 is 0 Å². The molecule has 2 rings (SSSR count). The van der Waals surface area contributed by atoms with E-state index < -0.39 is 0 Å². The first-order valence-corrected chi connectivity index (χ1v) is 3.02. The Bertz CT molecular complexity index is 126. The molecule has 44 valence electrons. The lowest BCUT2D eigenvalue weighted by atomic mass is 10.3. The topological polar surface area (TPSA) is 32.7 Å². The van der Waals surface area contributed by atoms with Gasteiger partial charge < -0.3 is 0 Å². The fourth-order valence-corrected chi connectivity index (χ4v) is 1.47. The van der Waals surface area contributed by atoms with Gasteiger partial charge in [-0.05, 0) is 18.8 Å². The van der Waals surface area contributed by atoms with Gasteiger partial charge in [0.25, 0.3) is 0 Å². The van der Waals surface area contributed by atoms with E-state index in [2.05, 4.69) is 5.29 Å². The number of piperidine rings is 1. The summed E-state index contributed by atoms with van der Waals surface area (Å²) in [6.07, 6.45) is 2.40. The second-order valence-corrected chi connectivity index (χ2v) is 2.60. The van der Waals surface area contributed by atoms with E-state index in [1.165, 1.54) is 12.8 Å². The van der Waals surface area contributed by atoms with Gasteiger partial charge in [-0.2, -0.15) is 0 Å². The van der Waals surface area contributed by atoms with Gasteiger partial charge in [-0.25, -0.2) is 0 Å². The maximum Gasteiger partial charge on any atom is 0.0535 e. The molecule has 0 radical (unpaired) electrons. The van der Waals surface area contributed by atoms with E-state index in [0.29, 0.717) is 6.04 Å². The lowest BCUT2D eigenvalue weighted by Crippen LogP contribution is -2.14. The van der Waals surface area contributed by atoms with Gasteiger partial charge in [-0.1, -0.05) is 0 Å². The van der Waals surface area contributed by atoms with Crippen LogP contribution in [0.25, 0.3) is 0 Å². The average Bonchev–Trinajstić information content (AvgIpc) is 2.46. The van der Waals surface area contributed by atoms with Crippen molar-refractivity contribution in [3.8, 4) is 0 Å². The minimum Gasteiger partial charge on any atom is -0.258 e. The first kappa shape index (κ1) is 4.30. The van der Waals surface area contributed by atoms with Gasteiger partial charge in [0.05, 0.1) is 11.3 Å². The van der Waals surface area contributed by atoms with Crippen molar-refractivity contribution in [1.29, 1.82) is 0 Å². The normalized spacial score (nSPS) is 41.8. The van der Waals surface area contributed by atoms with E-state index in [0.717, 1.165) is 12.5 Å². The molecule has 2 unspecified atom stereocenters. The van der Waals surface area contributed by atoms with E-state index in [9.17, 15) is 4.91 Å². The van der Waals surface area contributed by atoms with Crippen molar-refractivity contribution < 1.29 is 0 Å². The highest BCUT2D eigenvalue weighted by Gasteiger charge is 2.47. The average molecular weight is 112 g/mol. The Morgan fingerprint density at radius 3 is 2.75 bits per heavy atom. The van der Waals surface area contributed by atoms with Crippen LogP contribution in [0, 0.1) is 10.8 Å². The smallest absolute Gasteiger partial charge is 0.0535 e. The lowest BCUT2D eigenvalue weighted by Gasteiger charge is -2.05. The molecule has 1 heterocycles. The SMILES string of the molecule is O=NN1CCC2CC21. The first-order valence-electron chi connectivity index (χ1n) is 3.02. The molecule has 0 aromatic carbocycles. The predicted octanol–water partition coefficient (Wildman–Crippen LogP) is 0.762. The quantitative estimate of drug-likeness (QED) is 0.469. The molecule has 0 spiro atoms. The Labute approximate surface area is 47.6 Å². The monoisotopic (exact) mass is 112 g/mol. The molecule has 1 aliphatic carbocycles. The van der Waals surface area contributed by atoms with Crippen LogP contribution in [0.3, 0.4) is 0 Å². The highest BCUT2D eigenvalue weighted by molar-refractivity contribution is 4.99. The Kier molecular flexibility index (Phi) is 0.652. The van der Waals surface area contributed by atoms with Crippen LogP contribution in [0.15, 0.2) is 5.29 Å². The summed E-state index contributed by atoms with van der Waals surface area (Å²) in [5.74, 6) is 0.827. The first-order chi connectivity index (χ1) is 3.92. The molecular weight excluding hydrogens is 104 g/mol. The van der Waals surface area contributed by atoms with E-state index >= 15 is 0 Å². The van der Waals surface area contributed by atoms with Gasteiger partial charge in [-0.3, -0.25) is 5.01 Å². The molecule has 2 aliphatic rings. The Morgan fingerprint density at radius 1 is 1.62 bits per heavy atom. The Morgan fingerprint density at radius 2 is 2.50 bits per heavy atom. The number of rotatable bonds is 1. The third kappa shape index (κ3) is 0.389. The summed E-state index contributed by atoms with van der Waals surface area (Å²) in [5.41, 5.74) is 0. The van der Waals surface area contributed by atoms with Crippen molar-refractivity contribution in [3.05, 3.63) is 4.91 Å². The van der Waals surface area contributed by atoms with Gasteiger partial charge in [0.15, 0.2) is 0 Å². The standard InChI is InChI=1S/C5H8N2O/c8-6-7-2-1-4-3-5(4)7/h4-5H,1-3H2. The number of fused-ring (bicyclic) bond motifs is 1. The molecular formula is C5H8N2O. The lowest BCUT2D eigenvalue weighted by molar-refractivity contribution is 0.312. The summed E-state index contributed by atoms with van der Waals surface area (Å²) in [5, 5.41) is 4.56. The van der Waals surface area contributed by atoms with Gasteiger partial charge in [0.2, 0.25) is 0 Å². The number of nitroso groups, excluding NO2 is 1. The summed E-state index contributed by atoms with van der Waals surface area (Å²) in [7, 11) is 0. The molecule has 1 saturated heterocycles. The van der Waals surface area contributed by atoms with Crippen molar-refractivity contribution in [3.63, 3.8) is 0 Å². The third-order valence-electron chi connectivity index (χ3n) is 2.10. The summed E-state index contributed by atoms with van der Waals surface area (Å²) in [6.45, 7) is 0.902. The molecule has 8 heavy (non-hydrogen) atoms. The fourth-order valence-electron chi connectivity index (χ4n) is 1.47. The Balaban J connectivity index is 2.06. The number of nitrogens with zero attached hydrogens (tertiary/aromatic N) is 2. The van der Waals surface area contributed by atoms with Crippen LogP contribution in [-0.2, 0) is 0 Å². The van der Waals surface area contributed by atoms with Crippen LogP contribution in [0.1, 0.15) is 12.8 Å². The Hall–Kier alpha value is -0.600. The van der Waals surface area contributed by atoms with Gasteiger partial charge in [0.1, 0.15) is 0 Å². The van der Waals surface area contributed by atoms with Gasteiger partial charge >= 0.3 is 0 Å². The summed E-state index contributed by atoms with van der Waals surface area (Å²) in [4.78, 5) is 9.92. The molecule has 3 heteroatoms. The summed E-state index contributed by atoms with van der Waals surface area (Å²) >= 11 is 0. The molecule has 1 saturated carbocycles. The molecule has 0 aromatic rings. The molecule has 0 N–H and O–H groups in total. The zero-order chi connectivity index (χ0) is 5.56. The summed E-state index contributed by atoms with van der Waals surface area (Å²) in [6, 6.07) is 0.549. The van der Waals surface area contributed by atoms with Crippen LogP contribution in [0.4, 0.5) is 0 Å². The van der Waals surface area contributed by atoms with Crippen LogP contribution in [0.5, 0.6) is 0 Å². The molecule has 3 nitrogen and oxygen atoms in total. The van der Waals surface area contributed by atoms with Gasteiger partial charge in [-0.15, -0.1) is 4.91 Å². The van der Waals surface area contributed by atoms with Crippen LogP contribution < -0.4 is 0 Å². The van der Waals surface area contributed by atoms with Gasteiger partial charge in [0, 0.05) is 6.54 Å². The maximum absolute atomic E-state index is 9.92. The number of hydrogen-bond donors (Lipinski definition) is 0. The molecule has 1 aliphatic heterocycles. The highest BCUT2D eigenvalue weighted by Crippen LogP contribution is 2.44. The summed E-state index contributed by atoms with van der Waals surface area (Å²) < 4.78 is 0. The predicted molar refractivity (Wildman–Crippen MR) is 29.0 cm³/mol. The van der Waals surface area contributed by atoms with E-state index in [4.69, 9.17) is 0 Å². The van der Waals surface area contributed by atoms with E-state index in [1.807, 2.05) is 0 Å². The zero-order valence-corrected chi connectivity index (χ0v) is 4.58. The molecule has 0 bridgehead atoms. The van der Waals surface area contributed by atoms with E-state index in [1.54, 1.807) is 5.01 Å². The zero-order valence-electron chi connectivity index (χ0n) is 4.58. The van der Waals surface area contributed by atoms with Crippen LogP contribution >= 0.6 is 0 Å². The van der Waals surface area contributed by atoms with Crippen LogP contribution in [0.2, 0.25) is 0 Å². The van der Waals surface area contributed by atoms with Crippen LogP contribution in [-0.4, -0.2) is 17.6 Å².